The molecule has 0 unspecified atom stereocenters. The maximum Gasteiger partial charge on any atom is 0.316 e. The van der Waals surface area contributed by atoms with Gasteiger partial charge in [0, 0.05) is 29.9 Å². The van der Waals surface area contributed by atoms with Gasteiger partial charge in [-0.05, 0) is 18.2 Å². The predicted octanol–water partition coefficient (Wildman–Crippen LogP) is 1.87. The van der Waals surface area contributed by atoms with Crippen LogP contribution < -0.4 is 4.74 Å². The number of benzene rings is 1. The van der Waals surface area contributed by atoms with Crippen molar-refractivity contribution >= 4 is 11.6 Å². The van der Waals surface area contributed by atoms with E-state index in [1.54, 1.807) is 18.5 Å². The van der Waals surface area contributed by atoms with Crippen molar-refractivity contribution in [1.82, 2.24) is 15.0 Å². The van der Waals surface area contributed by atoms with Gasteiger partial charge in [0.25, 0.3) is 5.91 Å². The molecule has 3 rings (SSSR count). The van der Waals surface area contributed by atoms with Crippen LogP contribution in [-0.2, 0) is 0 Å². The quantitative estimate of drug-likeness (QED) is 0.868. The SMILES string of the molecule is COc1ncc(C2=NN(C(=O)c3cccc(F)c3)CC2)cn1. The minimum Gasteiger partial charge on any atom is -0.467 e. The minimum atomic E-state index is -0.446. The molecule has 0 fully saturated rings. The molecule has 2 aromatic rings. The van der Waals surface area contributed by atoms with Crippen LogP contribution in [0.15, 0.2) is 41.8 Å². The number of rotatable bonds is 3. The number of ether oxygens (including phenoxy) is 1. The van der Waals surface area contributed by atoms with Crippen LogP contribution in [0, 0.1) is 5.82 Å². The zero-order chi connectivity index (χ0) is 15.5. The van der Waals surface area contributed by atoms with E-state index in [9.17, 15) is 9.18 Å². The zero-order valence-corrected chi connectivity index (χ0v) is 11.9. The summed E-state index contributed by atoms with van der Waals surface area (Å²) < 4.78 is 18.1. The van der Waals surface area contributed by atoms with Gasteiger partial charge in [-0.1, -0.05) is 6.07 Å². The van der Waals surface area contributed by atoms with Gasteiger partial charge in [0.05, 0.1) is 19.4 Å². The maximum absolute atomic E-state index is 13.2. The topological polar surface area (TPSA) is 67.7 Å². The normalized spacial score (nSPS) is 13.9. The van der Waals surface area contributed by atoms with Crippen molar-refractivity contribution in [1.29, 1.82) is 0 Å². The van der Waals surface area contributed by atoms with Crippen molar-refractivity contribution in [3.8, 4) is 6.01 Å². The average molecular weight is 300 g/mol. The summed E-state index contributed by atoms with van der Waals surface area (Å²) in [7, 11) is 1.49. The summed E-state index contributed by atoms with van der Waals surface area (Å²) in [6.07, 6.45) is 3.79. The number of methoxy groups -OCH3 is 1. The monoisotopic (exact) mass is 300 g/mol. The Morgan fingerprint density at radius 3 is 2.77 bits per heavy atom. The molecule has 0 bridgehead atoms. The number of hydrazone groups is 1. The van der Waals surface area contributed by atoms with Crippen molar-refractivity contribution in [3.63, 3.8) is 0 Å². The van der Waals surface area contributed by atoms with Crippen LogP contribution in [0.3, 0.4) is 0 Å². The molecule has 0 spiro atoms. The van der Waals surface area contributed by atoms with Crippen LogP contribution >= 0.6 is 0 Å². The predicted molar refractivity (Wildman–Crippen MR) is 77.2 cm³/mol. The fraction of sp³-hybridized carbons (Fsp3) is 0.200. The van der Waals surface area contributed by atoms with E-state index in [2.05, 4.69) is 15.1 Å². The second-order valence-electron chi connectivity index (χ2n) is 4.69. The lowest BCUT2D eigenvalue weighted by Crippen LogP contribution is -2.23. The van der Waals surface area contributed by atoms with Gasteiger partial charge in [-0.2, -0.15) is 5.10 Å². The van der Waals surface area contributed by atoms with Gasteiger partial charge in [0.2, 0.25) is 0 Å². The molecule has 2 heterocycles. The zero-order valence-electron chi connectivity index (χ0n) is 11.9. The molecule has 0 radical (unpaired) electrons. The fourth-order valence-electron chi connectivity index (χ4n) is 2.15. The van der Waals surface area contributed by atoms with Crippen molar-refractivity contribution in [3.05, 3.63) is 53.6 Å². The summed E-state index contributed by atoms with van der Waals surface area (Å²) in [5.74, 6) is -0.776. The summed E-state index contributed by atoms with van der Waals surface area (Å²) in [6, 6.07) is 5.84. The number of hydrogen-bond donors (Lipinski definition) is 0. The summed E-state index contributed by atoms with van der Waals surface area (Å²) >= 11 is 0. The molecule has 0 aliphatic carbocycles. The maximum atomic E-state index is 13.2. The van der Waals surface area contributed by atoms with Crippen molar-refractivity contribution in [2.75, 3.05) is 13.7 Å². The molecule has 22 heavy (non-hydrogen) atoms. The minimum absolute atomic E-state index is 0.273. The van der Waals surface area contributed by atoms with Gasteiger partial charge in [-0.3, -0.25) is 4.79 Å². The lowest BCUT2D eigenvalue weighted by molar-refractivity contribution is 0.0778. The van der Waals surface area contributed by atoms with Gasteiger partial charge in [0.1, 0.15) is 5.82 Å². The summed E-state index contributed by atoms with van der Waals surface area (Å²) in [4.78, 5) is 20.3. The van der Waals surface area contributed by atoms with Gasteiger partial charge in [-0.25, -0.2) is 19.4 Å². The molecule has 0 N–H and O–H groups in total. The Labute approximate surface area is 126 Å². The van der Waals surface area contributed by atoms with E-state index in [0.29, 0.717) is 18.7 Å². The Balaban J connectivity index is 1.80. The first-order valence-corrected chi connectivity index (χ1v) is 6.68. The van der Waals surface area contributed by atoms with Crippen LogP contribution in [0.5, 0.6) is 6.01 Å². The van der Waals surface area contributed by atoms with Crippen LogP contribution in [0.25, 0.3) is 0 Å². The number of hydrogen-bond acceptors (Lipinski definition) is 5. The molecule has 0 saturated carbocycles. The van der Waals surface area contributed by atoms with Crippen LogP contribution in [-0.4, -0.2) is 40.3 Å². The van der Waals surface area contributed by atoms with Crippen LogP contribution in [0.4, 0.5) is 4.39 Å². The fourth-order valence-corrected chi connectivity index (χ4v) is 2.15. The highest BCUT2D eigenvalue weighted by Crippen LogP contribution is 2.17. The van der Waals surface area contributed by atoms with Crippen molar-refractivity contribution in [2.24, 2.45) is 5.10 Å². The molecule has 1 aliphatic rings. The number of nitrogens with zero attached hydrogens (tertiary/aromatic N) is 4. The van der Waals surface area contributed by atoms with E-state index >= 15 is 0 Å². The molecule has 112 valence electrons. The summed E-state index contributed by atoms with van der Waals surface area (Å²) in [5, 5.41) is 5.60. The van der Waals surface area contributed by atoms with Crippen LogP contribution in [0.2, 0.25) is 0 Å². The molecular weight excluding hydrogens is 287 g/mol. The standard InChI is InChI=1S/C15H13FN4O2/c1-22-15-17-8-11(9-18-15)13-5-6-20(19-13)14(21)10-3-2-4-12(16)7-10/h2-4,7-9H,5-6H2,1H3. The van der Waals surface area contributed by atoms with E-state index in [1.165, 1.54) is 30.3 Å². The molecule has 1 aromatic heterocycles. The Morgan fingerprint density at radius 2 is 2.09 bits per heavy atom. The first-order chi connectivity index (χ1) is 10.7. The lowest BCUT2D eigenvalue weighted by Gasteiger charge is -2.11. The summed E-state index contributed by atoms with van der Waals surface area (Å²) in [5.41, 5.74) is 1.72. The highest BCUT2D eigenvalue weighted by Gasteiger charge is 2.23. The first-order valence-electron chi connectivity index (χ1n) is 6.68. The van der Waals surface area contributed by atoms with Crippen molar-refractivity contribution < 1.29 is 13.9 Å². The van der Waals surface area contributed by atoms with E-state index < -0.39 is 5.82 Å². The number of amides is 1. The Hall–Kier alpha value is -2.83. The smallest absolute Gasteiger partial charge is 0.316 e. The van der Waals surface area contributed by atoms with Crippen molar-refractivity contribution in [2.45, 2.75) is 6.42 Å². The Kier molecular flexibility index (Phi) is 3.78. The van der Waals surface area contributed by atoms with Gasteiger partial charge < -0.3 is 4.74 Å². The number of carbonyl (C=O) groups is 1. The van der Waals surface area contributed by atoms with Crippen LogP contribution in [0.1, 0.15) is 22.3 Å². The largest absolute Gasteiger partial charge is 0.467 e. The molecule has 6 nitrogen and oxygen atoms in total. The Morgan fingerprint density at radius 1 is 1.32 bits per heavy atom. The number of carbonyl (C=O) groups excluding carboxylic acids is 1. The highest BCUT2D eigenvalue weighted by molar-refractivity contribution is 6.04. The molecule has 0 atom stereocenters. The molecule has 1 amide bonds. The number of halogens is 1. The van der Waals surface area contributed by atoms with Gasteiger partial charge in [0.15, 0.2) is 0 Å². The molecule has 1 aliphatic heterocycles. The third kappa shape index (κ3) is 2.78. The second-order valence-corrected chi connectivity index (χ2v) is 4.69. The summed E-state index contributed by atoms with van der Waals surface area (Å²) in [6.45, 7) is 0.441. The Bertz CT molecular complexity index is 731. The molecule has 1 aromatic carbocycles. The molecular formula is C15H13FN4O2. The van der Waals surface area contributed by atoms with E-state index in [4.69, 9.17) is 4.74 Å². The van der Waals surface area contributed by atoms with E-state index in [1.807, 2.05) is 0 Å². The molecule has 7 heteroatoms. The van der Waals surface area contributed by atoms with E-state index in [0.717, 1.165) is 5.56 Å². The van der Waals surface area contributed by atoms with Gasteiger partial charge >= 0.3 is 6.01 Å². The first kappa shape index (κ1) is 14.1. The third-order valence-corrected chi connectivity index (χ3v) is 3.25. The number of aromatic nitrogens is 2. The average Bonchev–Trinajstić information content (AvgIpc) is 3.04. The van der Waals surface area contributed by atoms with Gasteiger partial charge in [-0.15, -0.1) is 0 Å². The van der Waals surface area contributed by atoms with E-state index in [-0.39, 0.29) is 17.5 Å². The third-order valence-electron chi connectivity index (χ3n) is 3.25. The second kappa shape index (κ2) is 5.88. The molecule has 0 saturated heterocycles. The lowest BCUT2D eigenvalue weighted by atomic mass is 10.1. The highest BCUT2D eigenvalue weighted by atomic mass is 19.1.